The maximum absolute atomic E-state index is 13.7. The molecular formula is C26H26BrN3O5. The maximum atomic E-state index is 13.7. The Morgan fingerprint density at radius 2 is 1.91 bits per heavy atom. The normalized spacial score (nSPS) is 19.5. The molecule has 4 rings (SSSR count). The van der Waals surface area contributed by atoms with Gasteiger partial charge >= 0.3 is 5.97 Å². The van der Waals surface area contributed by atoms with E-state index < -0.39 is 16.8 Å². The lowest BCUT2D eigenvalue weighted by molar-refractivity contribution is -0.384. The third-order valence-electron chi connectivity index (χ3n) is 6.26. The van der Waals surface area contributed by atoms with Gasteiger partial charge in [-0.2, -0.15) is 0 Å². The molecule has 9 heteroatoms. The number of benzene rings is 2. The standard InChI is InChI=1S/C26H26BrN3O5/c1-4-35-25(32)23-21(15-8-10-16(27)11-9-15)22-19(13-26(2,3)14-20(22)31)29(24(23)28)17-6-5-7-18(12-17)30(33)34/h5-12,21H,4,13-14,28H2,1-3H3/t21-/m1/s1. The van der Waals surface area contributed by atoms with Crippen LogP contribution in [0, 0.1) is 15.5 Å². The van der Waals surface area contributed by atoms with Gasteiger partial charge < -0.3 is 10.5 Å². The summed E-state index contributed by atoms with van der Waals surface area (Å²) in [6.45, 7) is 5.82. The lowest BCUT2D eigenvalue weighted by atomic mass is 9.68. The molecule has 0 aromatic heterocycles. The number of Topliss-reactive ketones (excluding diaryl/α,β-unsaturated/α-hetero) is 1. The minimum absolute atomic E-state index is 0.0890. The Labute approximate surface area is 211 Å². The van der Waals surface area contributed by atoms with Gasteiger partial charge in [0.05, 0.1) is 28.7 Å². The van der Waals surface area contributed by atoms with Crippen molar-refractivity contribution in [2.45, 2.75) is 39.5 Å². The lowest BCUT2D eigenvalue weighted by Crippen LogP contribution is -2.43. The molecule has 35 heavy (non-hydrogen) atoms. The van der Waals surface area contributed by atoms with Gasteiger partial charge in [0.15, 0.2) is 5.78 Å². The van der Waals surface area contributed by atoms with Crippen LogP contribution in [0.1, 0.15) is 45.1 Å². The molecule has 1 atom stereocenters. The van der Waals surface area contributed by atoms with Crippen molar-refractivity contribution in [3.05, 3.63) is 91.3 Å². The van der Waals surface area contributed by atoms with Gasteiger partial charge in [-0.1, -0.05) is 48.0 Å². The Bertz CT molecular complexity index is 1280. The van der Waals surface area contributed by atoms with E-state index in [0.717, 1.165) is 10.0 Å². The number of nitrogens with zero attached hydrogens (tertiary/aromatic N) is 2. The fourth-order valence-electron chi connectivity index (χ4n) is 4.85. The third-order valence-corrected chi connectivity index (χ3v) is 6.79. The second-order valence-corrected chi connectivity index (χ2v) is 10.3. The summed E-state index contributed by atoms with van der Waals surface area (Å²) in [6.07, 6.45) is 0.804. The molecule has 0 saturated carbocycles. The Hall–Kier alpha value is -3.46. The monoisotopic (exact) mass is 539 g/mol. The Morgan fingerprint density at radius 3 is 2.54 bits per heavy atom. The fraction of sp³-hybridized carbons (Fsp3) is 0.308. The summed E-state index contributed by atoms with van der Waals surface area (Å²) in [7, 11) is 0. The van der Waals surface area contributed by atoms with E-state index >= 15 is 0 Å². The molecule has 0 fully saturated rings. The number of nitro benzene ring substituents is 1. The van der Waals surface area contributed by atoms with Crippen molar-refractivity contribution in [2.24, 2.45) is 11.1 Å². The number of carbonyl (C=O) groups excluding carboxylic acids is 2. The van der Waals surface area contributed by atoms with Gasteiger partial charge in [0, 0.05) is 34.3 Å². The molecule has 0 spiro atoms. The second kappa shape index (κ2) is 9.30. The zero-order chi connectivity index (χ0) is 25.5. The van der Waals surface area contributed by atoms with Crippen LogP contribution >= 0.6 is 15.9 Å². The summed E-state index contributed by atoms with van der Waals surface area (Å²) in [6, 6.07) is 13.4. The van der Waals surface area contributed by atoms with Crippen LogP contribution in [0.2, 0.25) is 0 Å². The molecule has 0 unspecified atom stereocenters. The van der Waals surface area contributed by atoms with Gasteiger partial charge in [-0.25, -0.2) is 4.79 Å². The number of halogens is 1. The largest absolute Gasteiger partial charge is 0.463 e. The van der Waals surface area contributed by atoms with Gasteiger partial charge in [0.1, 0.15) is 5.82 Å². The maximum Gasteiger partial charge on any atom is 0.338 e. The molecule has 182 valence electrons. The first-order chi connectivity index (χ1) is 16.5. The minimum Gasteiger partial charge on any atom is -0.463 e. The first-order valence-electron chi connectivity index (χ1n) is 11.3. The SMILES string of the molecule is CCOC(=O)C1=C(N)N(c2cccc([N+](=O)[O-])c2)C2=C(C(=O)CC(C)(C)C2)[C@H]1c1ccc(Br)cc1. The predicted molar refractivity (Wildman–Crippen MR) is 135 cm³/mol. The van der Waals surface area contributed by atoms with Crippen LogP contribution in [0.15, 0.2) is 75.7 Å². The molecule has 2 N–H and O–H groups in total. The number of hydrogen-bond acceptors (Lipinski definition) is 7. The van der Waals surface area contributed by atoms with Crippen LogP contribution in [0.25, 0.3) is 0 Å². The molecule has 2 aromatic rings. The van der Waals surface area contributed by atoms with Crippen molar-refractivity contribution in [3.8, 4) is 0 Å². The molecule has 1 aliphatic heterocycles. The highest BCUT2D eigenvalue weighted by atomic mass is 79.9. The number of ketones is 1. The summed E-state index contributed by atoms with van der Waals surface area (Å²) < 4.78 is 6.23. The molecule has 0 radical (unpaired) electrons. The molecule has 0 saturated heterocycles. The first kappa shape index (κ1) is 24.7. The van der Waals surface area contributed by atoms with Crippen LogP contribution < -0.4 is 10.6 Å². The van der Waals surface area contributed by atoms with Crippen molar-refractivity contribution < 1.29 is 19.2 Å². The number of hydrogen-bond donors (Lipinski definition) is 1. The van der Waals surface area contributed by atoms with E-state index in [1.54, 1.807) is 24.0 Å². The number of anilines is 1. The molecule has 0 bridgehead atoms. The zero-order valence-corrected chi connectivity index (χ0v) is 21.3. The smallest absolute Gasteiger partial charge is 0.338 e. The van der Waals surface area contributed by atoms with Crippen LogP contribution in [0.3, 0.4) is 0 Å². The Balaban J connectivity index is 2.03. The first-order valence-corrected chi connectivity index (χ1v) is 12.1. The van der Waals surface area contributed by atoms with E-state index in [0.29, 0.717) is 29.8 Å². The van der Waals surface area contributed by atoms with Crippen molar-refractivity contribution >= 4 is 39.1 Å². The van der Waals surface area contributed by atoms with E-state index in [1.165, 1.54) is 12.1 Å². The van der Waals surface area contributed by atoms with E-state index in [-0.39, 0.29) is 34.9 Å². The quantitative estimate of drug-likeness (QED) is 0.309. The average molecular weight is 540 g/mol. The number of ether oxygens (including phenoxy) is 1. The molecule has 1 heterocycles. The van der Waals surface area contributed by atoms with E-state index in [9.17, 15) is 19.7 Å². The van der Waals surface area contributed by atoms with Crippen molar-refractivity contribution in [2.75, 3.05) is 11.5 Å². The van der Waals surface area contributed by atoms with Crippen molar-refractivity contribution in [1.82, 2.24) is 0 Å². The Morgan fingerprint density at radius 1 is 1.23 bits per heavy atom. The third kappa shape index (κ3) is 4.60. The topological polar surface area (TPSA) is 116 Å². The molecule has 2 aliphatic rings. The van der Waals surface area contributed by atoms with Crippen molar-refractivity contribution in [3.63, 3.8) is 0 Å². The minimum atomic E-state index is -0.712. The Kier molecular flexibility index (Phi) is 6.55. The number of nitrogens with two attached hydrogens (primary N) is 1. The lowest BCUT2D eigenvalue weighted by Gasteiger charge is -2.44. The van der Waals surface area contributed by atoms with Gasteiger partial charge in [0.2, 0.25) is 0 Å². The summed E-state index contributed by atoms with van der Waals surface area (Å²) in [5.41, 5.74) is 8.61. The van der Waals surface area contributed by atoms with Gasteiger partial charge in [0.25, 0.3) is 5.69 Å². The van der Waals surface area contributed by atoms with Gasteiger partial charge in [-0.05, 0) is 42.5 Å². The predicted octanol–water partition coefficient (Wildman–Crippen LogP) is 5.34. The fourth-order valence-corrected chi connectivity index (χ4v) is 5.11. The summed E-state index contributed by atoms with van der Waals surface area (Å²) in [5.74, 6) is -1.33. The van der Waals surface area contributed by atoms with Crippen LogP contribution in [-0.4, -0.2) is 23.3 Å². The molecule has 1 aliphatic carbocycles. The van der Waals surface area contributed by atoms with Crippen LogP contribution in [-0.2, 0) is 14.3 Å². The van der Waals surface area contributed by atoms with Crippen LogP contribution in [0.4, 0.5) is 11.4 Å². The number of rotatable bonds is 5. The second-order valence-electron chi connectivity index (χ2n) is 9.42. The van der Waals surface area contributed by atoms with E-state index in [2.05, 4.69) is 15.9 Å². The number of nitro groups is 1. The zero-order valence-electron chi connectivity index (χ0n) is 19.7. The molecule has 8 nitrogen and oxygen atoms in total. The van der Waals surface area contributed by atoms with E-state index in [1.807, 2.05) is 38.1 Å². The summed E-state index contributed by atoms with van der Waals surface area (Å²) in [5, 5.41) is 11.5. The highest BCUT2D eigenvalue weighted by Crippen LogP contribution is 2.50. The summed E-state index contributed by atoms with van der Waals surface area (Å²) in [4.78, 5) is 39.5. The number of allylic oxidation sites excluding steroid dienone is 2. The van der Waals surface area contributed by atoms with Gasteiger partial charge in [-0.15, -0.1) is 0 Å². The molecular weight excluding hydrogens is 514 g/mol. The number of esters is 1. The number of non-ortho nitro benzene ring substituents is 1. The molecule has 2 aromatic carbocycles. The van der Waals surface area contributed by atoms with E-state index in [4.69, 9.17) is 10.5 Å². The number of carbonyl (C=O) groups is 2. The van der Waals surface area contributed by atoms with Gasteiger partial charge in [-0.3, -0.25) is 19.8 Å². The summed E-state index contributed by atoms with van der Waals surface area (Å²) >= 11 is 3.43. The van der Waals surface area contributed by atoms with Crippen LogP contribution in [0.5, 0.6) is 0 Å². The highest BCUT2D eigenvalue weighted by molar-refractivity contribution is 9.10. The highest BCUT2D eigenvalue weighted by Gasteiger charge is 2.46. The van der Waals surface area contributed by atoms with Crippen molar-refractivity contribution in [1.29, 1.82) is 0 Å². The average Bonchev–Trinajstić information content (AvgIpc) is 2.78. The molecule has 0 amide bonds.